The fraction of sp³-hybridized carbons (Fsp3) is 0.312. The Labute approximate surface area is 134 Å². The van der Waals surface area contributed by atoms with Crippen LogP contribution in [0.25, 0.3) is 0 Å². The van der Waals surface area contributed by atoms with E-state index >= 15 is 0 Å². The molecule has 0 saturated carbocycles. The third-order valence-electron chi connectivity index (χ3n) is 3.32. The summed E-state index contributed by atoms with van der Waals surface area (Å²) in [6.07, 6.45) is 0. The predicted molar refractivity (Wildman–Crippen MR) is 89.4 cm³/mol. The number of hydrogen-bond donors (Lipinski definition) is 1. The van der Waals surface area contributed by atoms with E-state index in [-0.39, 0.29) is 0 Å². The molecule has 0 atom stereocenters. The van der Waals surface area contributed by atoms with Crippen LogP contribution < -0.4 is 10.2 Å². The van der Waals surface area contributed by atoms with Crippen molar-refractivity contribution in [2.45, 2.75) is 27.7 Å². The highest BCUT2D eigenvalue weighted by atomic mass is 32.1. The van der Waals surface area contributed by atoms with Crippen molar-refractivity contribution in [1.29, 1.82) is 0 Å². The Kier molecular flexibility index (Phi) is 4.92. The highest BCUT2D eigenvalue weighted by Crippen LogP contribution is 2.21. The van der Waals surface area contributed by atoms with Crippen LogP contribution in [0.3, 0.4) is 0 Å². The number of carbonyl (C=O) groups is 2. The van der Waals surface area contributed by atoms with Gasteiger partial charge >= 0.3 is 11.8 Å². The molecule has 1 aromatic heterocycles. The number of aryl methyl sites for hydroxylation is 3. The Bertz CT molecular complexity index is 690. The van der Waals surface area contributed by atoms with Crippen LogP contribution in [0.2, 0.25) is 0 Å². The summed E-state index contributed by atoms with van der Waals surface area (Å²) in [6.45, 7) is 8.00. The molecule has 0 spiro atoms. The Morgan fingerprint density at radius 1 is 1.27 bits per heavy atom. The summed E-state index contributed by atoms with van der Waals surface area (Å²) in [6, 6.07) is 7.51. The Hall–Kier alpha value is -2.21. The van der Waals surface area contributed by atoms with Gasteiger partial charge in [0.1, 0.15) is 0 Å². The van der Waals surface area contributed by atoms with Gasteiger partial charge in [0.2, 0.25) is 0 Å². The second-order valence-electron chi connectivity index (χ2n) is 5.00. The lowest BCUT2D eigenvalue weighted by Gasteiger charge is -2.20. The first-order valence-corrected chi connectivity index (χ1v) is 7.87. The summed E-state index contributed by atoms with van der Waals surface area (Å²) in [5.41, 5.74) is 2.61. The number of benzene rings is 1. The Morgan fingerprint density at radius 2 is 2.00 bits per heavy atom. The van der Waals surface area contributed by atoms with E-state index in [0.29, 0.717) is 17.4 Å². The number of hydrogen-bond acceptors (Lipinski definition) is 4. The zero-order valence-corrected chi connectivity index (χ0v) is 14.0. The van der Waals surface area contributed by atoms with Gasteiger partial charge in [-0.05, 0) is 45.4 Å². The fourth-order valence-electron chi connectivity index (χ4n) is 2.04. The third kappa shape index (κ3) is 3.51. The topological polar surface area (TPSA) is 62.3 Å². The maximum Gasteiger partial charge on any atom is 0.316 e. The molecule has 0 aliphatic heterocycles. The van der Waals surface area contributed by atoms with Gasteiger partial charge in [0, 0.05) is 17.1 Å². The molecule has 1 aromatic carbocycles. The summed E-state index contributed by atoms with van der Waals surface area (Å²) >= 11 is 1.36. The first-order valence-electron chi connectivity index (χ1n) is 7.06. The van der Waals surface area contributed by atoms with Crippen LogP contribution in [0.15, 0.2) is 24.3 Å². The van der Waals surface area contributed by atoms with E-state index in [1.54, 1.807) is 0 Å². The molecule has 1 heterocycles. The lowest BCUT2D eigenvalue weighted by Crippen LogP contribution is -2.39. The summed E-state index contributed by atoms with van der Waals surface area (Å²) in [5, 5.41) is 3.03. The summed E-state index contributed by atoms with van der Waals surface area (Å²) < 4.78 is 0. The standard InChI is InChI=1S/C16H19N3O2S/c1-5-19(13-8-6-7-10(2)9-13)15(21)14(20)18-16-17-11(3)12(4)22-16/h6-9H,5H2,1-4H3,(H,17,18,20). The Morgan fingerprint density at radius 3 is 2.55 bits per heavy atom. The average molecular weight is 317 g/mol. The van der Waals surface area contributed by atoms with Gasteiger partial charge in [-0.15, -0.1) is 11.3 Å². The molecule has 2 aromatic rings. The predicted octanol–water partition coefficient (Wildman–Crippen LogP) is 3.06. The molecule has 6 heteroatoms. The van der Waals surface area contributed by atoms with Crippen LogP contribution in [0.1, 0.15) is 23.1 Å². The van der Waals surface area contributed by atoms with Gasteiger partial charge in [0.05, 0.1) is 5.69 Å². The number of amides is 2. The van der Waals surface area contributed by atoms with Crippen LogP contribution >= 0.6 is 11.3 Å². The van der Waals surface area contributed by atoms with Crippen LogP contribution in [-0.2, 0) is 9.59 Å². The molecule has 0 radical (unpaired) electrons. The average Bonchev–Trinajstić information content (AvgIpc) is 2.78. The molecule has 0 bridgehead atoms. The van der Waals surface area contributed by atoms with Gasteiger partial charge < -0.3 is 4.90 Å². The first kappa shape index (κ1) is 16.2. The second-order valence-corrected chi connectivity index (χ2v) is 6.21. The molecule has 1 N–H and O–H groups in total. The number of rotatable bonds is 3. The van der Waals surface area contributed by atoms with Crippen molar-refractivity contribution in [2.75, 3.05) is 16.8 Å². The van der Waals surface area contributed by atoms with Crippen LogP contribution in [0.5, 0.6) is 0 Å². The van der Waals surface area contributed by atoms with E-state index in [0.717, 1.165) is 16.1 Å². The largest absolute Gasteiger partial charge is 0.316 e. The summed E-state index contributed by atoms with van der Waals surface area (Å²) in [5.74, 6) is -1.25. The zero-order valence-electron chi connectivity index (χ0n) is 13.1. The van der Waals surface area contributed by atoms with Crippen molar-refractivity contribution in [2.24, 2.45) is 0 Å². The van der Waals surface area contributed by atoms with Crippen LogP contribution in [0, 0.1) is 20.8 Å². The van der Waals surface area contributed by atoms with Crippen LogP contribution in [0.4, 0.5) is 10.8 Å². The molecule has 0 unspecified atom stereocenters. The molecule has 116 valence electrons. The van der Waals surface area contributed by atoms with E-state index in [1.807, 2.05) is 52.0 Å². The number of carbonyl (C=O) groups excluding carboxylic acids is 2. The summed E-state index contributed by atoms with van der Waals surface area (Å²) in [7, 11) is 0. The normalized spacial score (nSPS) is 10.4. The molecule has 0 saturated heterocycles. The minimum Gasteiger partial charge on any atom is -0.304 e. The van der Waals surface area contributed by atoms with E-state index in [1.165, 1.54) is 16.2 Å². The number of nitrogens with zero attached hydrogens (tertiary/aromatic N) is 2. The molecular formula is C16H19N3O2S. The molecule has 2 amide bonds. The molecular weight excluding hydrogens is 298 g/mol. The monoisotopic (exact) mass is 317 g/mol. The smallest absolute Gasteiger partial charge is 0.304 e. The lowest BCUT2D eigenvalue weighted by atomic mass is 10.2. The number of likely N-dealkylation sites (N-methyl/N-ethyl adjacent to an activating group) is 1. The maximum absolute atomic E-state index is 12.4. The quantitative estimate of drug-likeness (QED) is 0.885. The summed E-state index contributed by atoms with van der Waals surface area (Å²) in [4.78, 5) is 31.2. The van der Waals surface area contributed by atoms with Crippen molar-refractivity contribution >= 4 is 34.0 Å². The van der Waals surface area contributed by atoms with Gasteiger partial charge in [-0.25, -0.2) is 4.98 Å². The third-order valence-corrected chi connectivity index (χ3v) is 4.31. The van der Waals surface area contributed by atoms with Gasteiger partial charge in [0.25, 0.3) is 0 Å². The van der Waals surface area contributed by atoms with Gasteiger partial charge in [0.15, 0.2) is 5.13 Å². The van der Waals surface area contributed by atoms with E-state index in [2.05, 4.69) is 10.3 Å². The highest BCUT2D eigenvalue weighted by molar-refractivity contribution is 7.15. The number of nitrogens with one attached hydrogen (secondary N) is 1. The van der Waals surface area contributed by atoms with E-state index in [4.69, 9.17) is 0 Å². The second kappa shape index (κ2) is 6.70. The van der Waals surface area contributed by atoms with Crippen molar-refractivity contribution in [3.63, 3.8) is 0 Å². The van der Waals surface area contributed by atoms with Crippen LogP contribution in [-0.4, -0.2) is 23.3 Å². The molecule has 0 fully saturated rings. The minimum absolute atomic E-state index is 0.422. The van der Waals surface area contributed by atoms with Gasteiger partial charge in [-0.2, -0.15) is 0 Å². The van der Waals surface area contributed by atoms with Gasteiger partial charge in [-0.3, -0.25) is 14.9 Å². The van der Waals surface area contributed by atoms with Crippen molar-refractivity contribution in [3.05, 3.63) is 40.4 Å². The SMILES string of the molecule is CCN(C(=O)C(=O)Nc1nc(C)c(C)s1)c1cccc(C)c1. The van der Waals surface area contributed by atoms with Crippen molar-refractivity contribution in [3.8, 4) is 0 Å². The highest BCUT2D eigenvalue weighted by Gasteiger charge is 2.23. The van der Waals surface area contributed by atoms with E-state index < -0.39 is 11.8 Å². The van der Waals surface area contributed by atoms with E-state index in [9.17, 15) is 9.59 Å². The first-order chi connectivity index (χ1) is 10.4. The lowest BCUT2D eigenvalue weighted by molar-refractivity contribution is -0.134. The molecule has 0 aliphatic rings. The zero-order chi connectivity index (χ0) is 16.3. The Balaban J connectivity index is 2.15. The fourth-order valence-corrected chi connectivity index (χ4v) is 2.85. The maximum atomic E-state index is 12.4. The number of aromatic nitrogens is 1. The van der Waals surface area contributed by atoms with Crippen molar-refractivity contribution < 1.29 is 9.59 Å². The minimum atomic E-state index is -0.669. The molecule has 0 aliphatic carbocycles. The molecule has 2 rings (SSSR count). The van der Waals surface area contributed by atoms with Crippen molar-refractivity contribution in [1.82, 2.24) is 4.98 Å². The molecule has 22 heavy (non-hydrogen) atoms. The van der Waals surface area contributed by atoms with Gasteiger partial charge in [-0.1, -0.05) is 12.1 Å². The molecule has 5 nitrogen and oxygen atoms in total. The number of anilines is 2. The number of thiazole rings is 1.